The highest BCUT2D eigenvalue weighted by Crippen LogP contribution is 2.38. The van der Waals surface area contributed by atoms with Gasteiger partial charge in [-0.25, -0.2) is 9.78 Å². The molecule has 1 aliphatic rings. The first-order valence-electron chi connectivity index (χ1n) is 11.3. The number of carbonyl (C=O) groups excluding carboxylic acids is 2. The van der Waals surface area contributed by atoms with Crippen molar-refractivity contribution in [1.82, 2.24) is 20.2 Å². The summed E-state index contributed by atoms with van der Waals surface area (Å²) in [4.78, 5) is 37.1. The number of aryl methyl sites for hydroxylation is 1. The van der Waals surface area contributed by atoms with Crippen molar-refractivity contribution in [3.8, 4) is 0 Å². The number of hydrogen-bond acceptors (Lipinski definition) is 8. The molecular weight excluding hydrogens is 452 g/mol. The predicted molar refractivity (Wildman–Crippen MR) is 135 cm³/mol. The minimum absolute atomic E-state index is 0.179. The van der Waals surface area contributed by atoms with Gasteiger partial charge < -0.3 is 26.0 Å². The molecule has 1 atom stereocenters. The molecule has 3 aromatic rings. The summed E-state index contributed by atoms with van der Waals surface area (Å²) in [5, 5.41) is 7.12. The zero-order valence-corrected chi connectivity index (χ0v) is 20.7. The fraction of sp³-hybridized carbons (Fsp3) is 0.417. The summed E-state index contributed by atoms with van der Waals surface area (Å²) in [6.45, 7) is 8.44. The third kappa shape index (κ3) is 5.22. The van der Waals surface area contributed by atoms with E-state index >= 15 is 0 Å². The number of pyridine rings is 2. The number of thiophene rings is 1. The van der Waals surface area contributed by atoms with Crippen molar-refractivity contribution in [2.24, 2.45) is 0 Å². The van der Waals surface area contributed by atoms with Gasteiger partial charge in [0.25, 0.3) is 5.91 Å². The van der Waals surface area contributed by atoms with Crippen LogP contribution in [0.15, 0.2) is 30.6 Å². The number of anilines is 3. The van der Waals surface area contributed by atoms with Crippen molar-refractivity contribution < 1.29 is 14.3 Å². The van der Waals surface area contributed by atoms with Gasteiger partial charge in [0.2, 0.25) is 0 Å². The molecule has 0 bridgehead atoms. The molecule has 4 rings (SSSR count). The fourth-order valence-corrected chi connectivity index (χ4v) is 4.91. The molecule has 2 amide bonds. The maximum Gasteiger partial charge on any atom is 0.410 e. The summed E-state index contributed by atoms with van der Waals surface area (Å²) >= 11 is 1.26. The molecule has 3 aromatic heterocycles. The van der Waals surface area contributed by atoms with E-state index in [1.807, 2.05) is 45.9 Å². The highest BCUT2D eigenvalue weighted by atomic mass is 32.1. The number of hydrogen-bond donors (Lipinski definition) is 3. The van der Waals surface area contributed by atoms with Crippen molar-refractivity contribution in [1.29, 1.82) is 0 Å². The van der Waals surface area contributed by atoms with Crippen molar-refractivity contribution in [2.75, 3.05) is 24.1 Å². The zero-order chi connectivity index (χ0) is 24.5. The van der Waals surface area contributed by atoms with E-state index in [1.165, 1.54) is 11.3 Å². The van der Waals surface area contributed by atoms with E-state index in [9.17, 15) is 9.59 Å². The van der Waals surface area contributed by atoms with Gasteiger partial charge in [-0.05, 0) is 58.7 Å². The second-order valence-electron chi connectivity index (χ2n) is 9.38. The molecule has 0 aromatic carbocycles. The normalized spacial score (nSPS) is 16.4. The minimum atomic E-state index is -0.564. The molecule has 34 heavy (non-hydrogen) atoms. The second-order valence-corrected chi connectivity index (χ2v) is 10.4. The van der Waals surface area contributed by atoms with Crippen molar-refractivity contribution in [3.05, 3.63) is 41.2 Å². The summed E-state index contributed by atoms with van der Waals surface area (Å²) in [7, 11) is 0. The molecule has 4 heterocycles. The smallest absolute Gasteiger partial charge is 0.410 e. The highest BCUT2D eigenvalue weighted by Gasteiger charge is 2.29. The van der Waals surface area contributed by atoms with E-state index < -0.39 is 5.60 Å². The van der Waals surface area contributed by atoms with Crippen LogP contribution in [-0.4, -0.2) is 51.6 Å². The molecule has 0 aliphatic carbocycles. The average molecular weight is 483 g/mol. The van der Waals surface area contributed by atoms with Crippen LogP contribution in [0.3, 0.4) is 0 Å². The van der Waals surface area contributed by atoms with Gasteiger partial charge in [-0.2, -0.15) is 0 Å². The first-order valence-corrected chi connectivity index (χ1v) is 12.1. The van der Waals surface area contributed by atoms with Crippen LogP contribution in [0.25, 0.3) is 10.2 Å². The Morgan fingerprint density at radius 2 is 2.00 bits per heavy atom. The van der Waals surface area contributed by atoms with Crippen LogP contribution in [0.2, 0.25) is 0 Å². The van der Waals surface area contributed by atoms with Crippen LogP contribution < -0.4 is 16.4 Å². The van der Waals surface area contributed by atoms with Crippen molar-refractivity contribution >= 4 is 50.6 Å². The molecule has 0 saturated carbocycles. The molecule has 10 heteroatoms. The van der Waals surface area contributed by atoms with Crippen LogP contribution >= 0.6 is 11.3 Å². The molecule has 1 saturated heterocycles. The topological polar surface area (TPSA) is 122 Å². The van der Waals surface area contributed by atoms with E-state index in [2.05, 4.69) is 20.6 Å². The number of carbonyl (C=O) groups is 2. The number of piperidine rings is 1. The van der Waals surface area contributed by atoms with E-state index in [4.69, 9.17) is 10.5 Å². The Bertz CT molecular complexity index is 1220. The number of fused-ring (bicyclic) bond motifs is 1. The lowest BCUT2D eigenvalue weighted by Gasteiger charge is -2.34. The summed E-state index contributed by atoms with van der Waals surface area (Å²) in [6, 6.07) is 5.44. The Labute approximate surface area is 202 Å². The molecule has 0 unspecified atom stereocenters. The van der Waals surface area contributed by atoms with Gasteiger partial charge in [0.05, 0.1) is 28.1 Å². The average Bonchev–Trinajstić information content (AvgIpc) is 3.12. The predicted octanol–water partition coefficient (Wildman–Crippen LogP) is 4.45. The Hall–Kier alpha value is -3.40. The van der Waals surface area contributed by atoms with Crippen LogP contribution in [0.1, 0.15) is 49.0 Å². The number of ether oxygens (including phenoxy) is 1. The number of nitrogen functional groups attached to an aromatic ring is 1. The number of amides is 2. The van der Waals surface area contributed by atoms with Crippen LogP contribution in [0, 0.1) is 6.92 Å². The largest absolute Gasteiger partial charge is 0.444 e. The molecular formula is C24H30N6O3S. The van der Waals surface area contributed by atoms with Crippen LogP contribution in [0.4, 0.5) is 21.9 Å². The SMILES string of the molecule is Cc1ncccc1Nc1ccnc2sc(C(=O)N[C@@H]3CCCN(C(=O)OC(C)(C)C)C3)c(N)c12. The van der Waals surface area contributed by atoms with Gasteiger partial charge in [0.15, 0.2) is 0 Å². The lowest BCUT2D eigenvalue weighted by atomic mass is 10.1. The summed E-state index contributed by atoms with van der Waals surface area (Å²) in [6.07, 6.45) is 4.62. The number of aromatic nitrogens is 2. The lowest BCUT2D eigenvalue weighted by Crippen LogP contribution is -2.50. The van der Waals surface area contributed by atoms with Gasteiger partial charge in [-0.3, -0.25) is 9.78 Å². The molecule has 1 aliphatic heterocycles. The molecule has 0 radical (unpaired) electrons. The van der Waals surface area contributed by atoms with Gasteiger partial charge in [-0.15, -0.1) is 11.3 Å². The van der Waals surface area contributed by atoms with E-state index in [1.54, 1.807) is 17.3 Å². The summed E-state index contributed by atoms with van der Waals surface area (Å²) in [5.41, 5.74) is 8.75. The number of nitrogens with one attached hydrogen (secondary N) is 2. The molecule has 1 fully saturated rings. The van der Waals surface area contributed by atoms with Gasteiger partial charge in [0, 0.05) is 31.5 Å². The highest BCUT2D eigenvalue weighted by molar-refractivity contribution is 7.21. The van der Waals surface area contributed by atoms with E-state index in [0.717, 1.165) is 29.9 Å². The third-order valence-corrected chi connectivity index (χ3v) is 6.63. The number of likely N-dealkylation sites (tertiary alicyclic amines) is 1. The third-order valence-electron chi connectivity index (χ3n) is 5.52. The summed E-state index contributed by atoms with van der Waals surface area (Å²) in [5.74, 6) is -0.264. The van der Waals surface area contributed by atoms with Gasteiger partial charge >= 0.3 is 6.09 Å². The van der Waals surface area contributed by atoms with E-state index in [-0.39, 0.29) is 18.0 Å². The van der Waals surface area contributed by atoms with Crippen LogP contribution in [0.5, 0.6) is 0 Å². The maximum atomic E-state index is 13.2. The fourth-order valence-electron chi connectivity index (χ4n) is 3.92. The second kappa shape index (κ2) is 9.46. The van der Waals surface area contributed by atoms with Gasteiger partial charge in [-0.1, -0.05) is 0 Å². The van der Waals surface area contributed by atoms with Crippen molar-refractivity contribution in [2.45, 2.75) is 52.2 Å². The first kappa shape index (κ1) is 23.7. The minimum Gasteiger partial charge on any atom is -0.444 e. The molecule has 4 N–H and O–H groups in total. The number of nitrogens with zero attached hydrogens (tertiary/aromatic N) is 3. The lowest BCUT2D eigenvalue weighted by molar-refractivity contribution is 0.0186. The quantitative estimate of drug-likeness (QED) is 0.502. The Morgan fingerprint density at radius 3 is 2.74 bits per heavy atom. The van der Waals surface area contributed by atoms with Crippen LogP contribution in [-0.2, 0) is 4.74 Å². The number of nitrogens with two attached hydrogens (primary N) is 1. The summed E-state index contributed by atoms with van der Waals surface area (Å²) < 4.78 is 5.48. The van der Waals surface area contributed by atoms with Gasteiger partial charge in [0.1, 0.15) is 15.3 Å². The maximum absolute atomic E-state index is 13.2. The van der Waals surface area contributed by atoms with Crippen molar-refractivity contribution in [3.63, 3.8) is 0 Å². The Kier molecular flexibility index (Phi) is 6.60. The first-order chi connectivity index (χ1) is 16.1. The molecule has 0 spiro atoms. The monoisotopic (exact) mass is 482 g/mol. The van der Waals surface area contributed by atoms with E-state index in [0.29, 0.717) is 33.9 Å². The molecule has 180 valence electrons. The standard InChI is InChI=1S/C24H30N6O3S/c1-14-16(8-5-10-26-14)29-17-9-11-27-22-18(17)19(25)20(34-22)21(31)28-15-7-6-12-30(13-15)23(32)33-24(2,3)4/h5,8-11,15H,6-7,12-13,25H2,1-4H3,(H,27,29)(H,28,31)/t15-/m1/s1. The number of rotatable bonds is 4. The molecule has 9 nitrogen and oxygen atoms in total. The zero-order valence-electron chi connectivity index (χ0n) is 19.8. The Balaban J connectivity index is 1.51. The Morgan fingerprint density at radius 1 is 1.21 bits per heavy atom.